The van der Waals surface area contributed by atoms with Gasteiger partial charge in [0, 0.05) is 6.54 Å². The molecule has 0 radical (unpaired) electrons. The van der Waals surface area contributed by atoms with Crippen molar-refractivity contribution in [2.24, 2.45) is 5.73 Å². The van der Waals surface area contributed by atoms with E-state index in [2.05, 4.69) is 5.32 Å². The van der Waals surface area contributed by atoms with Crippen molar-refractivity contribution in [3.8, 4) is 0 Å². The minimum Gasteiger partial charge on any atom is -0.351 e. The van der Waals surface area contributed by atoms with Gasteiger partial charge in [0.05, 0.1) is 6.04 Å². The van der Waals surface area contributed by atoms with Crippen molar-refractivity contribution in [1.29, 1.82) is 0 Å². The molecule has 0 fully saturated rings. The lowest BCUT2D eigenvalue weighted by Gasteiger charge is -2.09. The summed E-state index contributed by atoms with van der Waals surface area (Å²) in [5.41, 5.74) is 6.25. The summed E-state index contributed by atoms with van der Waals surface area (Å²) in [5.74, 6) is -0.511. The molecule has 1 atom stereocenters. The van der Waals surface area contributed by atoms with Gasteiger partial charge in [-0.25, -0.2) is 4.39 Å². The van der Waals surface area contributed by atoms with Crippen LogP contribution in [0.1, 0.15) is 18.9 Å². The van der Waals surface area contributed by atoms with Crippen molar-refractivity contribution in [1.82, 2.24) is 5.32 Å². The van der Waals surface area contributed by atoms with Gasteiger partial charge >= 0.3 is 0 Å². The van der Waals surface area contributed by atoms with Crippen LogP contribution in [0.25, 0.3) is 0 Å². The highest BCUT2D eigenvalue weighted by Crippen LogP contribution is 2.02. The molecule has 0 aliphatic heterocycles. The van der Waals surface area contributed by atoms with Gasteiger partial charge in [0.1, 0.15) is 5.82 Å². The zero-order valence-corrected chi connectivity index (χ0v) is 8.66. The van der Waals surface area contributed by atoms with Crippen LogP contribution in [-0.4, -0.2) is 11.9 Å². The summed E-state index contributed by atoms with van der Waals surface area (Å²) in [6.45, 7) is 2.15. The van der Waals surface area contributed by atoms with E-state index in [-0.39, 0.29) is 11.7 Å². The zero-order chi connectivity index (χ0) is 11.3. The highest BCUT2D eigenvalue weighted by Gasteiger charge is 2.09. The minimum atomic E-state index is -0.487. The Hall–Kier alpha value is -1.42. The van der Waals surface area contributed by atoms with Gasteiger partial charge in [-0.05, 0) is 24.1 Å². The Kier molecular flexibility index (Phi) is 4.24. The van der Waals surface area contributed by atoms with E-state index in [1.807, 2.05) is 6.92 Å². The van der Waals surface area contributed by atoms with Gasteiger partial charge in [-0.1, -0.05) is 19.1 Å². The van der Waals surface area contributed by atoms with Gasteiger partial charge in [-0.15, -0.1) is 0 Å². The molecule has 0 spiro atoms. The van der Waals surface area contributed by atoms with Gasteiger partial charge in [0.25, 0.3) is 0 Å². The Morgan fingerprint density at radius 1 is 1.60 bits per heavy atom. The Bertz CT molecular complexity index is 341. The predicted octanol–water partition coefficient (Wildman–Crippen LogP) is 1.18. The fourth-order valence-electron chi connectivity index (χ4n) is 1.15. The van der Waals surface area contributed by atoms with Crippen LogP contribution in [0.2, 0.25) is 0 Å². The number of nitrogens with two attached hydrogens (primary N) is 1. The molecule has 0 saturated heterocycles. The molecule has 1 rings (SSSR count). The third kappa shape index (κ3) is 3.67. The normalized spacial score (nSPS) is 12.2. The van der Waals surface area contributed by atoms with E-state index in [4.69, 9.17) is 5.73 Å². The van der Waals surface area contributed by atoms with Crippen molar-refractivity contribution >= 4 is 5.91 Å². The van der Waals surface area contributed by atoms with E-state index < -0.39 is 6.04 Å². The monoisotopic (exact) mass is 210 g/mol. The average Bonchev–Trinajstić information content (AvgIpc) is 2.25. The van der Waals surface area contributed by atoms with Crippen LogP contribution < -0.4 is 11.1 Å². The number of halogens is 1. The maximum Gasteiger partial charge on any atom is 0.237 e. The molecule has 3 nitrogen and oxygen atoms in total. The van der Waals surface area contributed by atoms with Gasteiger partial charge < -0.3 is 11.1 Å². The molecule has 0 saturated carbocycles. The van der Waals surface area contributed by atoms with E-state index in [9.17, 15) is 9.18 Å². The third-order valence-electron chi connectivity index (χ3n) is 2.13. The zero-order valence-electron chi connectivity index (χ0n) is 8.66. The molecule has 0 heterocycles. The quantitative estimate of drug-likeness (QED) is 0.784. The van der Waals surface area contributed by atoms with Gasteiger partial charge in [-0.3, -0.25) is 4.79 Å². The maximum atomic E-state index is 12.8. The second-order valence-electron chi connectivity index (χ2n) is 3.36. The molecule has 0 aliphatic carbocycles. The summed E-state index contributed by atoms with van der Waals surface area (Å²) in [4.78, 5) is 11.3. The minimum absolute atomic E-state index is 0.207. The standard InChI is InChI=1S/C11H15FN2O/c1-2-10(13)11(15)14-7-8-4-3-5-9(12)6-8/h3-6,10H,2,7,13H2,1H3,(H,14,15). The van der Waals surface area contributed by atoms with E-state index >= 15 is 0 Å². The predicted molar refractivity (Wildman–Crippen MR) is 56.5 cm³/mol. The molecule has 0 aromatic heterocycles. The fraction of sp³-hybridized carbons (Fsp3) is 0.364. The topological polar surface area (TPSA) is 55.1 Å². The fourth-order valence-corrected chi connectivity index (χ4v) is 1.15. The Labute approximate surface area is 88.5 Å². The summed E-state index contributed by atoms with van der Waals surface area (Å²) in [6, 6.07) is 5.62. The molecular weight excluding hydrogens is 195 g/mol. The highest BCUT2D eigenvalue weighted by molar-refractivity contribution is 5.81. The first-order valence-corrected chi connectivity index (χ1v) is 4.91. The van der Waals surface area contributed by atoms with Crippen molar-refractivity contribution < 1.29 is 9.18 Å². The molecule has 15 heavy (non-hydrogen) atoms. The van der Waals surface area contributed by atoms with Crippen molar-refractivity contribution in [2.75, 3.05) is 0 Å². The number of carbonyl (C=O) groups excluding carboxylic acids is 1. The van der Waals surface area contributed by atoms with Crippen LogP contribution in [0.5, 0.6) is 0 Å². The molecule has 4 heteroatoms. The molecule has 82 valence electrons. The van der Waals surface area contributed by atoms with Crippen LogP contribution in [0, 0.1) is 5.82 Å². The van der Waals surface area contributed by atoms with Gasteiger partial charge in [0.15, 0.2) is 0 Å². The number of carbonyl (C=O) groups is 1. The number of rotatable bonds is 4. The van der Waals surface area contributed by atoms with Crippen molar-refractivity contribution in [3.05, 3.63) is 35.6 Å². The molecule has 1 aromatic rings. The molecule has 0 bridgehead atoms. The lowest BCUT2D eigenvalue weighted by Crippen LogP contribution is -2.39. The summed E-state index contributed by atoms with van der Waals surface area (Å²) in [5, 5.41) is 2.65. The van der Waals surface area contributed by atoms with Gasteiger partial charge in [0.2, 0.25) is 5.91 Å². The largest absolute Gasteiger partial charge is 0.351 e. The molecule has 3 N–H and O–H groups in total. The lowest BCUT2D eigenvalue weighted by atomic mass is 10.2. The second-order valence-corrected chi connectivity index (χ2v) is 3.36. The lowest BCUT2D eigenvalue weighted by molar-refractivity contribution is -0.122. The SMILES string of the molecule is CCC(N)C(=O)NCc1cccc(F)c1. The molecule has 0 aliphatic rings. The van der Waals surface area contributed by atoms with E-state index in [0.29, 0.717) is 13.0 Å². The van der Waals surface area contributed by atoms with Crippen molar-refractivity contribution in [2.45, 2.75) is 25.9 Å². The number of benzene rings is 1. The smallest absolute Gasteiger partial charge is 0.237 e. The number of hydrogen-bond donors (Lipinski definition) is 2. The Morgan fingerprint density at radius 3 is 2.93 bits per heavy atom. The first-order valence-electron chi connectivity index (χ1n) is 4.91. The first-order chi connectivity index (χ1) is 7.13. The summed E-state index contributed by atoms with van der Waals surface area (Å²) in [6.07, 6.45) is 0.592. The molecular formula is C11H15FN2O. The van der Waals surface area contributed by atoms with E-state index in [1.165, 1.54) is 12.1 Å². The first kappa shape index (κ1) is 11.7. The summed E-state index contributed by atoms with van der Waals surface area (Å²) < 4.78 is 12.8. The third-order valence-corrected chi connectivity index (χ3v) is 2.13. The molecule has 1 unspecified atom stereocenters. The highest BCUT2D eigenvalue weighted by atomic mass is 19.1. The number of hydrogen-bond acceptors (Lipinski definition) is 2. The summed E-state index contributed by atoms with van der Waals surface area (Å²) >= 11 is 0. The molecule has 1 aromatic carbocycles. The summed E-state index contributed by atoms with van der Waals surface area (Å²) in [7, 11) is 0. The maximum absolute atomic E-state index is 12.8. The van der Waals surface area contributed by atoms with Crippen LogP contribution >= 0.6 is 0 Å². The second kappa shape index (κ2) is 5.46. The Balaban J connectivity index is 2.47. The van der Waals surface area contributed by atoms with Crippen LogP contribution in [0.3, 0.4) is 0 Å². The number of nitrogens with one attached hydrogen (secondary N) is 1. The van der Waals surface area contributed by atoms with Crippen molar-refractivity contribution in [3.63, 3.8) is 0 Å². The van der Waals surface area contributed by atoms with E-state index in [1.54, 1.807) is 12.1 Å². The van der Waals surface area contributed by atoms with Crippen LogP contribution in [0.15, 0.2) is 24.3 Å². The molecule has 1 amide bonds. The van der Waals surface area contributed by atoms with Gasteiger partial charge in [-0.2, -0.15) is 0 Å². The average molecular weight is 210 g/mol. The Morgan fingerprint density at radius 2 is 2.33 bits per heavy atom. The van der Waals surface area contributed by atoms with Crippen LogP contribution in [-0.2, 0) is 11.3 Å². The van der Waals surface area contributed by atoms with Crippen LogP contribution in [0.4, 0.5) is 4.39 Å². The number of amides is 1. The van der Waals surface area contributed by atoms with E-state index in [0.717, 1.165) is 5.56 Å².